The molecule has 2 aliphatic carbocycles. The molecule has 122 valence electrons. The zero-order chi connectivity index (χ0) is 16.5. The van der Waals surface area contributed by atoms with Crippen LogP contribution in [0.5, 0.6) is 5.75 Å². The second-order valence-corrected chi connectivity index (χ2v) is 6.81. The van der Waals surface area contributed by atoms with E-state index in [9.17, 15) is 9.50 Å². The first kappa shape index (κ1) is 15.2. The lowest BCUT2D eigenvalue weighted by Crippen LogP contribution is -2.21. The van der Waals surface area contributed by atoms with Crippen molar-refractivity contribution >= 4 is 11.6 Å². The van der Waals surface area contributed by atoms with E-state index in [0.717, 1.165) is 18.4 Å². The fraction of sp³-hybridized carbons (Fsp3) is 0.273. The summed E-state index contributed by atoms with van der Waals surface area (Å²) >= 11 is 0. The van der Waals surface area contributed by atoms with Crippen LogP contribution in [-0.4, -0.2) is 11.3 Å². The first-order valence-corrected chi connectivity index (χ1v) is 8.62. The molecule has 2 aliphatic rings. The van der Waals surface area contributed by atoms with E-state index in [1.54, 1.807) is 18.2 Å². The minimum atomic E-state index is -0.825. The van der Waals surface area contributed by atoms with E-state index < -0.39 is 6.17 Å². The van der Waals surface area contributed by atoms with Crippen molar-refractivity contribution in [1.29, 1.82) is 0 Å². The van der Waals surface area contributed by atoms with Gasteiger partial charge in [0.05, 0.1) is 0 Å². The zero-order valence-corrected chi connectivity index (χ0v) is 13.5. The van der Waals surface area contributed by atoms with Crippen molar-refractivity contribution in [2.24, 2.45) is 11.8 Å². The Morgan fingerprint density at radius 1 is 1.04 bits per heavy atom. The molecule has 0 radical (unpaired) electrons. The Labute approximate surface area is 142 Å². The number of hydrogen-bond acceptors (Lipinski definition) is 1. The molecule has 0 heterocycles. The highest BCUT2D eigenvalue weighted by atomic mass is 19.1. The lowest BCUT2D eigenvalue weighted by molar-refractivity contribution is 0.271. The lowest BCUT2D eigenvalue weighted by Gasteiger charge is -2.29. The fourth-order valence-corrected chi connectivity index (χ4v) is 4.08. The van der Waals surface area contributed by atoms with Crippen LogP contribution in [0.2, 0.25) is 0 Å². The zero-order valence-electron chi connectivity index (χ0n) is 13.5. The third kappa shape index (κ3) is 2.89. The van der Waals surface area contributed by atoms with Crippen LogP contribution in [0.15, 0.2) is 60.7 Å². The van der Waals surface area contributed by atoms with Crippen molar-refractivity contribution < 1.29 is 9.50 Å². The van der Waals surface area contributed by atoms with Crippen molar-refractivity contribution in [2.45, 2.75) is 25.4 Å². The van der Waals surface area contributed by atoms with Crippen LogP contribution < -0.4 is 0 Å². The summed E-state index contributed by atoms with van der Waals surface area (Å²) in [6.45, 7) is 0. The van der Waals surface area contributed by atoms with Gasteiger partial charge in [0.2, 0.25) is 0 Å². The summed E-state index contributed by atoms with van der Waals surface area (Å²) < 4.78 is 13.9. The lowest BCUT2D eigenvalue weighted by atomic mass is 9.76. The molecule has 2 aromatic rings. The predicted molar refractivity (Wildman–Crippen MR) is 96.4 cm³/mol. The van der Waals surface area contributed by atoms with E-state index in [1.807, 2.05) is 12.1 Å². The Balaban J connectivity index is 1.86. The van der Waals surface area contributed by atoms with Gasteiger partial charge in [-0.1, -0.05) is 54.6 Å². The van der Waals surface area contributed by atoms with Gasteiger partial charge >= 0.3 is 0 Å². The van der Waals surface area contributed by atoms with Crippen molar-refractivity contribution in [3.63, 3.8) is 0 Å². The van der Waals surface area contributed by atoms with Gasteiger partial charge in [0, 0.05) is 5.92 Å². The van der Waals surface area contributed by atoms with Crippen LogP contribution in [0.25, 0.3) is 11.6 Å². The van der Waals surface area contributed by atoms with Gasteiger partial charge in [-0.05, 0) is 59.6 Å². The number of aromatic hydroxyl groups is 1. The number of halogens is 1. The first-order chi connectivity index (χ1) is 11.7. The van der Waals surface area contributed by atoms with Crippen LogP contribution in [0.3, 0.4) is 0 Å². The van der Waals surface area contributed by atoms with E-state index in [-0.39, 0.29) is 11.7 Å². The Kier molecular flexibility index (Phi) is 3.97. The van der Waals surface area contributed by atoms with Gasteiger partial charge in [0.25, 0.3) is 0 Å². The smallest absolute Gasteiger partial charge is 0.119 e. The van der Waals surface area contributed by atoms with Crippen molar-refractivity contribution in [2.75, 3.05) is 0 Å². The summed E-state index contributed by atoms with van der Waals surface area (Å²) in [5, 5.41) is 9.77. The Morgan fingerprint density at radius 2 is 1.92 bits per heavy atom. The van der Waals surface area contributed by atoms with Gasteiger partial charge in [-0.3, -0.25) is 0 Å². The molecule has 0 bridgehead atoms. The monoisotopic (exact) mass is 320 g/mol. The van der Waals surface area contributed by atoms with Gasteiger partial charge in [-0.15, -0.1) is 0 Å². The van der Waals surface area contributed by atoms with Crippen LogP contribution in [-0.2, 0) is 6.42 Å². The van der Waals surface area contributed by atoms with Gasteiger partial charge < -0.3 is 5.11 Å². The number of alkyl halides is 1. The summed E-state index contributed by atoms with van der Waals surface area (Å²) in [4.78, 5) is 0. The molecular formula is C22H21FO. The maximum absolute atomic E-state index is 13.9. The van der Waals surface area contributed by atoms with Crippen molar-refractivity contribution in [1.82, 2.24) is 0 Å². The minimum Gasteiger partial charge on any atom is -0.508 e. The van der Waals surface area contributed by atoms with Gasteiger partial charge in [-0.2, -0.15) is 0 Å². The summed E-state index contributed by atoms with van der Waals surface area (Å²) in [7, 11) is 0. The second kappa shape index (κ2) is 6.27. The van der Waals surface area contributed by atoms with E-state index in [4.69, 9.17) is 0 Å². The number of phenolic OH excluding ortho intramolecular Hbond substituents is 1. The fourth-order valence-electron chi connectivity index (χ4n) is 4.08. The third-order valence-electron chi connectivity index (χ3n) is 5.23. The molecule has 2 aromatic carbocycles. The molecule has 0 aliphatic heterocycles. The largest absolute Gasteiger partial charge is 0.508 e. The maximum atomic E-state index is 13.9. The number of aryl methyl sites for hydroxylation is 1. The Bertz CT molecular complexity index is 805. The molecule has 1 nitrogen and oxygen atoms in total. The topological polar surface area (TPSA) is 20.2 Å². The molecule has 4 rings (SSSR count). The molecule has 3 atom stereocenters. The molecule has 2 unspecified atom stereocenters. The first-order valence-electron chi connectivity index (χ1n) is 8.62. The molecule has 0 aromatic heterocycles. The maximum Gasteiger partial charge on any atom is 0.119 e. The molecule has 24 heavy (non-hydrogen) atoms. The van der Waals surface area contributed by atoms with Crippen LogP contribution >= 0.6 is 0 Å². The molecule has 0 fully saturated rings. The van der Waals surface area contributed by atoms with Crippen molar-refractivity contribution in [3.05, 3.63) is 77.4 Å². The highest BCUT2D eigenvalue weighted by molar-refractivity contribution is 5.85. The highest BCUT2D eigenvalue weighted by Gasteiger charge is 2.32. The molecular weight excluding hydrogens is 299 g/mol. The summed E-state index contributed by atoms with van der Waals surface area (Å²) in [5.74, 6) is 0.842. The number of fused-ring (bicyclic) bond motifs is 2. The third-order valence-corrected chi connectivity index (χ3v) is 5.23. The van der Waals surface area contributed by atoms with E-state index in [2.05, 4.69) is 36.4 Å². The average Bonchev–Trinajstić information content (AvgIpc) is 2.73. The molecule has 0 amide bonds. The van der Waals surface area contributed by atoms with Crippen LogP contribution in [0, 0.1) is 11.8 Å². The minimum absolute atomic E-state index is 0.239. The summed E-state index contributed by atoms with van der Waals surface area (Å²) in [6.07, 6.45) is 7.71. The van der Waals surface area contributed by atoms with Crippen molar-refractivity contribution in [3.8, 4) is 5.75 Å². The quantitative estimate of drug-likeness (QED) is 0.697. The number of benzene rings is 2. The van der Waals surface area contributed by atoms with Crippen LogP contribution in [0.4, 0.5) is 4.39 Å². The predicted octanol–water partition coefficient (Wildman–Crippen LogP) is 5.41. The number of hydrogen-bond donors (Lipinski definition) is 1. The summed E-state index contributed by atoms with van der Waals surface area (Å²) in [5.41, 5.74) is 4.82. The molecule has 1 N–H and O–H groups in total. The molecule has 0 saturated heterocycles. The highest BCUT2D eigenvalue weighted by Crippen LogP contribution is 2.44. The van der Waals surface area contributed by atoms with E-state index in [0.29, 0.717) is 12.3 Å². The van der Waals surface area contributed by atoms with Crippen LogP contribution in [0.1, 0.15) is 29.5 Å². The number of rotatable bonds is 1. The number of allylic oxidation sites excluding steroid dienone is 3. The summed E-state index contributed by atoms with van der Waals surface area (Å²) in [6, 6.07) is 15.8. The van der Waals surface area contributed by atoms with Gasteiger partial charge in [0.15, 0.2) is 0 Å². The SMILES string of the molecule is Oc1cccc(/C=C2\c3ccccc3CCC3C[C@@H](F)C=CC23)c1. The Morgan fingerprint density at radius 3 is 2.79 bits per heavy atom. The standard InChI is InChI=1S/C22H21FO/c23-18-10-11-21-17(14-18)9-8-16-5-1-2-7-20(16)22(21)13-15-4-3-6-19(24)12-15/h1-7,10-13,17-18,21,24H,8-9,14H2/b22-13+/t17?,18-,21?/m0/s1. The number of phenols is 1. The Hall–Kier alpha value is -2.35. The molecule has 0 spiro atoms. The second-order valence-electron chi connectivity index (χ2n) is 6.81. The average molecular weight is 320 g/mol. The molecule has 0 saturated carbocycles. The molecule has 2 heteroatoms. The van der Waals surface area contributed by atoms with E-state index in [1.165, 1.54) is 16.7 Å². The van der Waals surface area contributed by atoms with E-state index >= 15 is 0 Å². The normalized spacial score (nSPS) is 27.4. The van der Waals surface area contributed by atoms with Gasteiger partial charge in [0.1, 0.15) is 11.9 Å². The van der Waals surface area contributed by atoms with Gasteiger partial charge in [-0.25, -0.2) is 4.39 Å².